The fraction of sp³-hybridized carbons (Fsp3) is 0.500. The largest absolute Gasteiger partial charge is 0.422 e. The Morgan fingerprint density at radius 3 is 2.26 bits per heavy atom. The summed E-state index contributed by atoms with van der Waals surface area (Å²) in [4.78, 5) is 21.2. The number of hydrogen-bond donors (Lipinski definition) is 0. The monoisotopic (exact) mass is 550 g/mol. The zero-order valence-electron chi connectivity index (χ0n) is 23.3. The van der Waals surface area contributed by atoms with Crippen molar-refractivity contribution in [2.45, 2.75) is 89.9 Å². The van der Waals surface area contributed by atoms with Gasteiger partial charge in [0.1, 0.15) is 10.6 Å². The van der Waals surface area contributed by atoms with Gasteiger partial charge in [-0.25, -0.2) is 9.78 Å². The molecule has 0 bridgehead atoms. The summed E-state index contributed by atoms with van der Waals surface area (Å²) in [5.74, 6) is 1.15. The van der Waals surface area contributed by atoms with E-state index in [1.807, 2.05) is 30.0 Å². The van der Waals surface area contributed by atoms with Crippen molar-refractivity contribution in [3.05, 3.63) is 52.9 Å². The molecule has 6 heteroatoms. The van der Waals surface area contributed by atoms with Gasteiger partial charge in [-0.2, -0.15) is 0 Å². The second kappa shape index (κ2) is 14.7. The highest BCUT2D eigenvalue weighted by atomic mass is 32.2. The lowest BCUT2D eigenvalue weighted by Crippen LogP contribution is -2.21. The Hall–Kier alpha value is -2.31. The van der Waals surface area contributed by atoms with Crippen LogP contribution in [0.3, 0.4) is 0 Å². The average molecular weight is 551 g/mol. The first kappa shape index (κ1) is 28.7. The summed E-state index contributed by atoms with van der Waals surface area (Å²) in [6.07, 6.45) is 13.7. The summed E-state index contributed by atoms with van der Waals surface area (Å²) < 4.78 is 6.86. The Bertz CT molecular complexity index is 1360. The molecule has 38 heavy (non-hydrogen) atoms. The number of thiazole rings is 1. The highest BCUT2D eigenvalue weighted by molar-refractivity contribution is 7.99. The molecule has 0 aliphatic carbocycles. The summed E-state index contributed by atoms with van der Waals surface area (Å²) in [5.41, 5.74) is 2.83. The molecule has 4 aromatic rings. The molecule has 0 atom stereocenters. The molecule has 4 rings (SSSR count). The predicted octanol–water partition coefficient (Wildman–Crippen LogP) is 9.93. The molecule has 4 nitrogen and oxygen atoms in total. The van der Waals surface area contributed by atoms with Crippen LogP contribution < -0.4 is 10.5 Å². The van der Waals surface area contributed by atoms with E-state index in [0.29, 0.717) is 11.1 Å². The number of unbranched alkanes of at least 4 members (excludes halogenated alkanes) is 9. The van der Waals surface area contributed by atoms with Crippen LogP contribution in [-0.4, -0.2) is 23.8 Å². The molecule has 0 N–H and O–H groups in total. The maximum Gasteiger partial charge on any atom is 0.346 e. The van der Waals surface area contributed by atoms with E-state index in [9.17, 15) is 4.79 Å². The normalized spacial score (nSPS) is 11.6. The van der Waals surface area contributed by atoms with Gasteiger partial charge in [0.15, 0.2) is 0 Å². The number of hydrogen-bond acceptors (Lipinski definition) is 6. The molecule has 0 saturated heterocycles. The van der Waals surface area contributed by atoms with Crippen LogP contribution in [0.5, 0.6) is 0 Å². The topological polar surface area (TPSA) is 46.3 Å². The first-order chi connectivity index (χ1) is 18.6. The minimum atomic E-state index is -0.330. The fourth-order valence-corrected chi connectivity index (χ4v) is 6.96. The van der Waals surface area contributed by atoms with Crippen molar-refractivity contribution in [2.24, 2.45) is 0 Å². The smallest absolute Gasteiger partial charge is 0.346 e. The number of thioether (sulfide) groups is 1. The minimum absolute atomic E-state index is 0.330. The lowest BCUT2D eigenvalue weighted by molar-refractivity contribution is 0.563. The molecular formula is C32H42N2O2S2. The summed E-state index contributed by atoms with van der Waals surface area (Å²) in [6, 6.07) is 14.5. The quantitative estimate of drug-likeness (QED) is 0.0789. The zero-order chi connectivity index (χ0) is 26.7. The van der Waals surface area contributed by atoms with Crippen LogP contribution in [0.25, 0.3) is 31.8 Å². The number of nitrogens with zero attached hydrogens (tertiary/aromatic N) is 2. The molecule has 0 unspecified atom stereocenters. The molecule has 204 valence electrons. The number of benzene rings is 2. The first-order valence-corrected chi connectivity index (χ1v) is 16.3. The standard InChI is InChI=1S/C32H42N2O2S2/c1-4-7-8-9-10-11-12-13-14-15-20-37-26-18-19-28-30(23-26)38-31(33-28)27-21-24-16-17-25(34(5-2)6-3)22-29(24)36-32(27)35/h16-19,21-23H,4-15,20H2,1-3H3. The van der Waals surface area contributed by atoms with Gasteiger partial charge in [0, 0.05) is 35.1 Å². The van der Waals surface area contributed by atoms with Crippen LogP contribution in [-0.2, 0) is 0 Å². The summed E-state index contributed by atoms with van der Waals surface area (Å²) in [7, 11) is 0. The Morgan fingerprint density at radius 1 is 0.842 bits per heavy atom. The van der Waals surface area contributed by atoms with E-state index in [-0.39, 0.29) is 5.63 Å². The maximum atomic E-state index is 12.9. The second-order valence-electron chi connectivity index (χ2n) is 10.0. The maximum absolute atomic E-state index is 12.9. The van der Waals surface area contributed by atoms with E-state index in [1.54, 1.807) is 11.3 Å². The fourth-order valence-electron chi connectivity index (χ4n) is 4.92. The summed E-state index contributed by atoms with van der Waals surface area (Å²) in [5, 5.41) is 1.64. The second-order valence-corrected chi connectivity index (χ2v) is 12.2. The van der Waals surface area contributed by atoms with Crippen LogP contribution in [0.15, 0.2) is 56.6 Å². The van der Waals surface area contributed by atoms with Crippen molar-refractivity contribution in [1.29, 1.82) is 0 Å². The van der Waals surface area contributed by atoms with Gasteiger partial charge in [0.25, 0.3) is 0 Å². The molecule has 0 aliphatic heterocycles. The van der Waals surface area contributed by atoms with E-state index < -0.39 is 0 Å². The summed E-state index contributed by atoms with van der Waals surface area (Å²) in [6.45, 7) is 8.36. The molecule has 2 aromatic carbocycles. The van der Waals surface area contributed by atoms with E-state index in [4.69, 9.17) is 9.40 Å². The van der Waals surface area contributed by atoms with Crippen LogP contribution in [0.4, 0.5) is 5.69 Å². The van der Waals surface area contributed by atoms with Gasteiger partial charge < -0.3 is 9.32 Å². The van der Waals surface area contributed by atoms with Crippen LogP contribution in [0.1, 0.15) is 85.0 Å². The van der Waals surface area contributed by atoms with Crippen molar-refractivity contribution in [3.63, 3.8) is 0 Å². The molecule has 0 amide bonds. The zero-order valence-corrected chi connectivity index (χ0v) is 24.9. The Morgan fingerprint density at radius 2 is 1.55 bits per heavy atom. The Kier molecular flexibility index (Phi) is 11.1. The van der Waals surface area contributed by atoms with Crippen LogP contribution in [0, 0.1) is 0 Å². The van der Waals surface area contributed by atoms with Gasteiger partial charge in [-0.1, -0.05) is 64.7 Å². The molecule has 0 fully saturated rings. The van der Waals surface area contributed by atoms with Crippen molar-refractivity contribution in [1.82, 2.24) is 4.98 Å². The van der Waals surface area contributed by atoms with Gasteiger partial charge in [0.05, 0.1) is 15.8 Å². The lowest BCUT2D eigenvalue weighted by atomic mass is 10.1. The van der Waals surface area contributed by atoms with Gasteiger partial charge in [-0.3, -0.25) is 0 Å². The van der Waals surface area contributed by atoms with E-state index in [1.165, 1.54) is 69.1 Å². The average Bonchev–Trinajstić information content (AvgIpc) is 3.35. The molecular weight excluding hydrogens is 508 g/mol. The Labute approximate surface area is 235 Å². The van der Waals surface area contributed by atoms with E-state index in [2.05, 4.69) is 49.9 Å². The van der Waals surface area contributed by atoms with Crippen LogP contribution >= 0.6 is 23.1 Å². The molecule has 0 aliphatic rings. The van der Waals surface area contributed by atoms with Crippen molar-refractivity contribution in [2.75, 3.05) is 23.7 Å². The highest BCUT2D eigenvalue weighted by Crippen LogP contribution is 2.33. The van der Waals surface area contributed by atoms with Crippen molar-refractivity contribution >= 4 is 50.0 Å². The van der Waals surface area contributed by atoms with Gasteiger partial charge in [-0.05, 0) is 62.4 Å². The number of aromatic nitrogens is 1. The third-order valence-electron chi connectivity index (χ3n) is 7.21. The first-order valence-electron chi connectivity index (χ1n) is 14.5. The van der Waals surface area contributed by atoms with E-state index in [0.717, 1.165) is 45.1 Å². The van der Waals surface area contributed by atoms with Gasteiger partial charge in [-0.15, -0.1) is 23.1 Å². The predicted molar refractivity (Wildman–Crippen MR) is 167 cm³/mol. The SMILES string of the molecule is CCCCCCCCCCCCSc1ccc2nc(-c3cc4ccc(N(CC)CC)cc4oc3=O)sc2c1. The van der Waals surface area contributed by atoms with Crippen LogP contribution in [0.2, 0.25) is 0 Å². The van der Waals surface area contributed by atoms with Crippen molar-refractivity contribution in [3.8, 4) is 10.6 Å². The number of anilines is 1. The minimum Gasteiger partial charge on any atom is -0.422 e. The van der Waals surface area contributed by atoms with Gasteiger partial charge >= 0.3 is 5.63 Å². The highest BCUT2D eigenvalue weighted by Gasteiger charge is 2.14. The third kappa shape index (κ3) is 7.63. The Balaban J connectivity index is 1.33. The van der Waals surface area contributed by atoms with E-state index >= 15 is 0 Å². The van der Waals surface area contributed by atoms with Crippen molar-refractivity contribution < 1.29 is 4.42 Å². The molecule has 0 radical (unpaired) electrons. The lowest BCUT2D eigenvalue weighted by Gasteiger charge is -2.20. The molecule has 2 heterocycles. The molecule has 0 spiro atoms. The number of rotatable bonds is 16. The third-order valence-corrected chi connectivity index (χ3v) is 9.34. The summed E-state index contributed by atoms with van der Waals surface area (Å²) >= 11 is 3.49. The molecule has 0 saturated carbocycles. The molecule has 2 aromatic heterocycles. The van der Waals surface area contributed by atoms with Gasteiger partial charge in [0.2, 0.25) is 0 Å². The number of fused-ring (bicyclic) bond motifs is 2.